The van der Waals surface area contributed by atoms with E-state index in [-0.39, 0.29) is 5.97 Å². The Morgan fingerprint density at radius 1 is 1.40 bits per heavy atom. The quantitative estimate of drug-likeness (QED) is 0.812. The molecule has 1 aromatic carbocycles. The molecule has 0 spiro atoms. The summed E-state index contributed by atoms with van der Waals surface area (Å²) < 4.78 is 4.69. The van der Waals surface area contributed by atoms with Crippen LogP contribution in [0.1, 0.15) is 43.0 Å². The predicted molar refractivity (Wildman–Crippen MR) is 81.1 cm³/mol. The highest BCUT2D eigenvalue weighted by Crippen LogP contribution is 2.16. The van der Waals surface area contributed by atoms with Crippen molar-refractivity contribution in [2.24, 2.45) is 0 Å². The molecule has 110 valence electrons. The van der Waals surface area contributed by atoms with Crippen molar-refractivity contribution < 1.29 is 9.53 Å². The van der Waals surface area contributed by atoms with Crippen LogP contribution in [0.25, 0.3) is 0 Å². The Labute approximate surface area is 120 Å². The lowest BCUT2D eigenvalue weighted by Gasteiger charge is -2.27. The Kier molecular flexibility index (Phi) is 5.41. The van der Waals surface area contributed by atoms with E-state index in [1.54, 1.807) is 12.1 Å². The highest BCUT2D eigenvalue weighted by Gasteiger charge is 2.15. The van der Waals surface area contributed by atoms with Crippen molar-refractivity contribution in [1.82, 2.24) is 5.32 Å². The number of anilines is 1. The topological polar surface area (TPSA) is 50.4 Å². The van der Waals surface area contributed by atoms with Gasteiger partial charge in [0.2, 0.25) is 0 Å². The minimum atomic E-state index is -0.295. The van der Waals surface area contributed by atoms with Gasteiger partial charge >= 0.3 is 5.97 Å². The number of hydrogen-bond acceptors (Lipinski definition) is 4. The van der Waals surface area contributed by atoms with E-state index in [0.29, 0.717) is 17.6 Å². The Balaban J connectivity index is 1.84. The molecule has 20 heavy (non-hydrogen) atoms. The van der Waals surface area contributed by atoms with Crippen LogP contribution in [-0.2, 0) is 4.74 Å². The predicted octanol–water partition coefficient (Wildman–Crippen LogP) is 2.81. The van der Waals surface area contributed by atoms with Gasteiger partial charge in [-0.15, -0.1) is 0 Å². The molecule has 1 heterocycles. The second-order valence-electron chi connectivity index (χ2n) is 5.50. The fourth-order valence-electron chi connectivity index (χ4n) is 2.72. The van der Waals surface area contributed by atoms with Crippen molar-refractivity contribution in [1.29, 1.82) is 0 Å². The molecule has 0 aliphatic carbocycles. The van der Waals surface area contributed by atoms with E-state index in [1.807, 2.05) is 12.1 Å². The maximum Gasteiger partial charge on any atom is 0.337 e. The molecular formula is C16H24N2O2. The SMILES string of the molecule is COC(=O)c1ccc(NC(C)CC2CCCCN2)cc1. The van der Waals surface area contributed by atoms with Crippen LogP contribution < -0.4 is 10.6 Å². The first-order chi connectivity index (χ1) is 9.69. The van der Waals surface area contributed by atoms with Crippen LogP contribution in [0.4, 0.5) is 5.69 Å². The molecule has 0 saturated carbocycles. The maximum atomic E-state index is 11.4. The molecule has 1 saturated heterocycles. The molecule has 4 nitrogen and oxygen atoms in total. The fraction of sp³-hybridized carbons (Fsp3) is 0.562. The number of rotatable bonds is 5. The number of piperidine rings is 1. The minimum Gasteiger partial charge on any atom is -0.465 e. The van der Waals surface area contributed by atoms with E-state index in [4.69, 9.17) is 4.74 Å². The summed E-state index contributed by atoms with van der Waals surface area (Å²) >= 11 is 0. The summed E-state index contributed by atoms with van der Waals surface area (Å²) in [5.41, 5.74) is 1.63. The van der Waals surface area contributed by atoms with Crippen molar-refractivity contribution >= 4 is 11.7 Å². The zero-order valence-electron chi connectivity index (χ0n) is 12.3. The van der Waals surface area contributed by atoms with Crippen molar-refractivity contribution in [2.45, 2.75) is 44.7 Å². The van der Waals surface area contributed by atoms with Gasteiger partial charge in [-0.05, 0) is 57.0 Å². The summed E-state index contributed by atoms with van der Waals surface area (Å²) in [4.78, 5) is 11.4. The highest BCUT2D eigenvalue weighted by molar-refractivity contribution is 5.89. The van der Waals surface area contributed by atoms with Gasteiger partial charge in [0.25, 0.3) is 0 Å². The van der Waals surface area contributed by atoms with Crippen LogP contribution in [-0.4, -0.2) is 31.7 Å². The third-order valence-electron chi connectivity index (χ3n) is 3.77. The molecule has 0 amide bonds. The Morgan fingerprint density at radius 3 is 2.75 bits per heavy atom. The van der Waals surface area contributed by atoms with Crippen LogP contribution in [0.15, 0.2) is 24.3 Å². The number of carbonyl (C=O) groups excluding carboxylic acids is 1. The molecular weight excluding hydrogens is 252 g/mol. The van der Waals surface area contributed by atoms with E-state index in [0.717, 1.165) is 18.7 Å². The average molecular weight is 276 g/mol. The van der Waals surface area contributed by atoms with Crippen molar-refractivity contribution in [3.63, 3.8) is 0 Å². The van der Waals surface area contributed by atoms with E-state index >= 15 is 0 Å². The fourth-order valence-corrected chi connectivity index (χ4v) is 2.72. The van der Waals surface area contributed by atoms with Gasteiger partial charge in [0.1, 0.15) is 0 Å². The summed E-state index contributed by atoms with van der Waals surface area (Å²) in [6.07, 6.45) is 5.03. The molecule has 1 fully saturated rings. The lowest BCUT2D eigenvalue weighted by Crippen LogP contribution is -2.37. The third-order valence-corrected chi connectivity index (χ3v) is 3.77. The van der Waals surface area contributed by atoms with Crippen molar-refractivity contribution in [3.8, 4) is 0 Å². The van der Waals surface area contributed by atoms with Crippen molar-refractivity contribution in [2.75, 3.05) is 19.0 Å². The van der Waals surface area contributed by atoms with Gasteiger partial charge in [0.05, 0.1) is 12.7 Å². The monoisotopic (exact) mass is 276 g/mol. The van der Waals surface area contributed by atoms with Gasteiger partial charge in [-0.2, -0.15) is 0 Å². The number of carbonyl (C=O) groups is 1. The summed E-state index contributed by atoms with van der Waals surface area (Å²) in [6, 6.07) is 8.48. The summed E-state index contributed by atoms with van der Waals surface area (Å²) in [7, 11) is 1.40. The van der Waals surface area contributed by atoms with Crippen LogP contribution in [0.5, 0.6) is 0 Å². The second kappa shape index (κ2) is 7.29. The second-order valence-corrected chi connectivity index (χ2v) is 5.50. The van der Waals surface area contributed by atoms with Gasteiger partial charge < -0.3 is 15.4 Å². The molecule has 0 aromatic heterocycles. The van der Waals surface area contributed by atoms with Crippen LogP contribution >= 0.6 is 0 Å². The number of methoxy groups -OCH3 is 1. The molecule has 1 aliphatic heterocycles. The minimum absolute atomic E-state index is 0.295. The van der Waals surface area contributed by atoms with Crippen LogP contribution in [0, 0.1) is 0 Å². The van der Waals surface area contributed by atoms with E-state index < -0.39 is 0 Å². The van der Waals surface area contributed by atoms with Gasteiger partial charge in [-0.3, -0.25) is 0 Å². The molecule has 1 aliphatic rings. The van der Waals surface area contributed by atoms with Crippen LogP contribution in [0.2, 0.25) is 0 Å². The first kappa shape index (κ1) is 14.9. The molecule has 2 rings (SSSR count). The molecule has 0 bridgehead atoms. The summed E-state index contributed by atoms with van der Waals surface area (Å²) in [5, 5.41) is 7.05. The zero-order valence-corrected chi connectivity index (χ0v) is 12.3. The number of nitrogens with one attached hydrogen (secondary N) is 2. The lowest BCUT2D eigenvalue weighted by atomic mass is 9.98. The highest BCUT2D eigenvalue weighted by atomic mass is 16.5. The summed E-state index contributed by atoms with van der Waals surface area (Å²) in [6.45, 7) is 3.34. The number of hydrogen-bond donors (Lipinski definition) is 2. The number of benzene rings is 1. The molecule has 2 N–H and O–H groups in total. The average Bonchev–Trinajstić information content (AvgIpc) is 2.48. The smallest absolute Gasteiger partial charge is 0.337 e. The van der Waals surface area contributed by atoms with Crippen LogP contribution in [0.3, 0.4) is 0 Å². The zero-order chi connectivity index (χ0) is 14.4. The van der Waals surface area contributed by atoms with Gasteiger partial charge in [0, 0.05) is 17.8 Å². The maximum absolute atomic E-state index is 11.4. The standard InChI is InChI=1S/C16H24N2O2/c1-12(11-15-5-3-4-10-17-15)18-14-8-6-13(7-9-14)16(19)20-2/h6-9,12,15,17-18H,3-5,10-11H2,1-2H3. The molecule has 2 atom stereocenters. The first-order valence-electron chi connectivity index (χ1n) is 7.37. The molecule has 0 radical (unpaired) electrons. The normalized spacial score (nSPS) is 20.2. The third kappa shape index (κ3) is 4.23. The Hall–Kier alpha value is -1.55. The van der Waals surface area contributed by atoms with Crippen molar-refractivity contribution in [3.05, 3.63) is 29.8 Å². The van der Waals surface area contributed by atoms with Gasteiger partial charge in [-0.1, -0.05) is 6.42 Å². The Morgan fingerprint density at radius 2 is 2.15 bits per heavy atom. The van der Waals surface area contributed by atoms with Gasteiger partial charge in [-0.25, -0.2) is 4.79 Å². The number of esters is 1. The van der Waals surface area contributed by atoms with E-state index in [2.05, 4.69) is 17.6 Å². The first-order valence-corrected chi connectivity index (χ1v) is 7.37. The number of ether oxygens (including phenoxy) is 1. The molecule has 4 heteroatoms. The Bertz CT molecular complexity index is 425. The lowest BCUT2D eigenvalue weighted by molar-refractivity contribution is 0.0601. The van der Waals surface area contributed by atoms with Gasteiger partial charge in [0.15, 0.2) is 0 Å². The van der Waals surface area contributed by atoms with E-state index in [1.165, 1.54) is 26.4 Å². The molecule has 1 aromatic rings. The van der Waals surface area contributed by atoms with E-state index in [9.17, 15) is 4.79 Å². The summed E-state index contributed by atoms with van der Waals surface area (Å²) in [5.74, 6) is -0.295. The largest absolute Gasteiger partial charge is 0.465 e. The molecule has 2 unspecified atom stereocenters.